The smallest absolute Gasteiger partial charge is 0.408 e. The Bertz CT molecular complexity index is 2760. The van der Waals surface area contributed by atoms with Crippen molar-refractivity contribution in [3.05, 3.63) is 23.2 Å². The number of alkyl carbamates (subject to hydrolysis) is 1. The molecule has 490 valence electrons. The molecule has 8 N–H and O–H groups in total. The van der Waals surface area contributed by atoms with Crippen molar-refractivity contribution in [2.45, 2.75) is 193 Å². The van der Waals surface area contributed by atoms with Gasteiger partial charge in [-0.2, -0.15) is 0 Å². The van der Waals surface area contributed by atoms with Gasteiger partial charge in [-0.1, -0.05) is 20.8 Å². The van der Waals surface area contributed by atoms with Gasteiger partial charge in [0.05, 0.1) is 34.9 Å². The number of thioether (sulfide) groups is 1. The average molecular weight is 1270 g/mol. The topological polar surface area (TPSA) is 350 Å². The number of anilines is 1. The number of aliphatic carboxylic acids is 1. The van der Waals surface area contributed by atoms with Gasteiger partial charge in [0.15, 0.2) is 29.2 Å². The summed E-state index contributed by atoms with van der Waals surface area (Å²) in [6.45, 7) is 13.2. The van der Waals surface area contributed by atoms with E-state index in [4.69, 9.17) is 4.74 Å². The number of ether oxygens (including phenoxy) is 1. The highest BCUT2D eigenvalue weighted by molar-refractivity contribution is 8.15. The van der Waals surface area contributed by atoms with Crippen molar-refractivity contribution in [3.63, 3.8) is 0 Å². The van der Waals surface area contributed by atoms with Gasteiger partial charge in [0, 0.05) is 75.8 Å². The molecule has 1 aromatic carbocycles. The van der Waals surface area contributed by atoms with Crippen molar-refractivity contribution >= 4 is 115 Å². The second-order valence-corrected chi connectivity index (χ2v) is 26.4. The number of carboxylic acids is 1. The number of carboxylic acid groups (broad SMARTS) is 1. The average Bonchev–Trinajstić information content (AvgIpc) is 1.83. The number of aromatic nitrogens is 1. The minimum Gasteiger partial charge on any atom is -0.480 e. The largest absolute Gasteiger partial charge is 0.480 e. The van der Waals surface area contributed by atoms with Crippen molar-refractivity contribution in [2.75, 3.05) is 65.4 Å². The third kappa shape index (κ3) is 30.5. The molecule has 7 amide bonds. The van der Waals surface area contributed by atoms with Crippen LogP contribution in [0.25, 0.3) is 10.2 Å². The Morgan fingerprint density at radius 1 is 0.670 bits per heavy atom. The molecule has 2 aromatic rings. The summed E-state index contributed by atoms with van der Waals surface area (Å²) in [5, 5.41) is 29.4. The number of ketones is 4. The highest BCUT2D eigenvalue weighted by Crippen LogP contribution is 2.31. The number of fused-ring (bicyclic) bond motifs is 1. The van der Waals surface area contributed by atoms with Crippen molar-refractivity contribution < 1.29 is 67.4 Å². The zero-order valence-corrected chi connectivity index (χ0v) is 54.8. The number of rotatable bonds is 42. The summed E-state index contributed by atoms with van der Waals surface area (Å²) >= 11 is 2.60. The molecule has 0 saturated heterocycles. The van der Waals surface area contributed by atoms with E-state index in [-0.39, 0.29) is 81.8 Å². The van der Waals surface area contributed by atoms with Crippen LogP contribution in [0.2, 0.25) is 0 Å². The highest BCUT2D eigenvalue weighted by Gasteiger charge is 2.31. The molecule has 1 aliphatic rings. The Hall–Kier alpha value is -6.71. The predicted molar refractivity (Wildman–Crippen MR) is 339 cm³/mol. The van der Waals surface area contributed by atoms with E-state index in [2.05, 4.69) is 47.2 Å². The van der Waals surface area contributed by atoms with Gasteiger partial charge in [-0.05, 0) is 150 Å². The lowest BCUT2D eigenvalue weighted by Crippen LogP contribution is -2.46. The molecule has 27 heteroatoms. The van der Waals surface area contributed by atoms with E-state index in [0.717, 1.165) is 19.5 Å². The summed E-state index contributed by atoms with van der Waals surface area (Å²) in [4.78, 5) is 169. The Kier molecular flexibility index (Phi) is 33.2. The molecular formula is C61H95N11O14S2. The van der Waals surface area contributed by atoms with Crippen LogP contribution in [-0.4, -0.2) is 192 Å². The summed E-state index contributed by atoms with van der Waals surface area (Å²) in [6, 6.07) is 0.395. The van der Waals surface area contributed by atoms with Crippen LogP contribution in [0.4, 0.5) is 10.5 Å². The number of nitrogens with one attached hydrogen (secondary N) is 7. The number of aliphatic imine (C=N–C) groups is 1. The lowest BCUT2D eigenvalue weighted by Gasteiger charge is -2.23. The molecule has 0 spiro atoms. The number of carbonyl (C=O) groups excluding carboxylic acids is 11. The van der Waals surface area contributed by atoms with Crippen LogP contribution in [0.5, 0.6) is 0 Å². The monoisotopic (exact) mass is 1270 g/mol. The maximum atomic E-state index is 13.8. The van der Waals surface area contributed by atoms with Gasteiger partial charge in [-0.3, -0.25) is 52.9 Å². The lowest BCUT2D eigenvalue weighted by atomic mass is 9.96. The highest BCUT2D eigenvalue weighted by atomic mass is 32.2. The third-order valence-electron chi connectivity index (χ3n) is 13.9. The quantitative estimate of drug-likeness (QED) is 0.0401. The van der Waals surface area contributed by atoms with E-state index in [0.29, 0.717) is 76.8 Å². The molecule has 0 saturated carbocycles. The van der Waals surface area contributed by atoms with E-state index in [1.165, 1.54) is 36.9 Å². The molecule has 1 aromatic heterocycles. The molecule has 0 fully saturated rings. The molecule has 88 heavy (non-hydrogen) atoms. The number of unbranched alkanes of at least 4 members (excludes halogenated alkanes) is 3. The lowest BCUT2D eigenvalue weighted by molar-refractivity contribution is -0.138. The molecule has 2 unspecified atom stereocenters. The van der Waals surface area contributed by atoms with Crippen LogP contribution in [0.1, 0.15) is 163 Å². The Balaban J connectivity index is 1.55. The fraction of sp³-hybridized carbons (Fsp3) is 0.672. The molecule has 0 aliphatic carbocycles. The molecule has 25 nitrogen and oxygen atoms in total. The number of hydrogen-bond donors (Lipinski definition) is 8. The van der Waals surface area contributed by atoms with Crippen LogP contribution in [0, 0.1) is 11.8 Å². The predicted octanol–water partition coefficient (Wildman–Crippen LogP) is 5.10. The van der Waals surface area contributed by atoms with Gasteiger partial charge in [0.25, 0.3) is 0 Å². The first-order chi connectivity index (χ1) is 41.4. The van der Waals surface area contributed by atoms with Crippen molar-refractivity contribution in [1.82, 2.24) is 46.7 Å². The summed E-state index contributed by atoms with van der Waals surface area (Å²) in [5.41, 5.74) is 0.259. The fourth-order valence-electron chi connectivity index (χ4n) is 9.19. The first kappa shape index (κ1) is 75.5. The van der Waals surface area contributed by atoms with E-state index in [9.17, 15) is 62.6 Å². The van der Waals surface area contributed by atoms with Gasteiger partial charge < -0.3 is 56.9 Å². The first-order valence-corrected chi connectivity index (χ1v) is 32.1. The van der Waals surface area contributed by atoms with Gasteiger partial charge in [-0.25, -0.2) is 14.6 Å². The second kappa shape index (κ2) is 38.6. The van der Waals surface area contributed by atoms with Gasteiger partial charge in [0.1, 0.15) is 21.7 Å². The summed E-state index contributed by atoms with van der Waals surface area (Å²) in [7, 11) is 7.69. The fourth-order valence-corrected chi connectivity index (χ4v) is 11.3. The number of nitrogens with zero attached hydrogens (tertiary/aromatic N) is 4. The van der Waals surface area contributed by atoms with Gasteiger partial charge in [0.2, 0.25) is 35.4 Å². The zero-order valence-electron chi connectivity index (χ0n) is 53.2. The Morgan fingerprint density at radius 3 is 1.76 bits per heavy atom. The second-order valence-electron chi connectivity index (χ2n) is 24.3. The van der Waals surface area contributed by atoms with Crippen LogP contribution < -0.4 is 37.2 Å². The van der Waals surface area contributed by atoms with Crippen LogP contribution in [0.15, 0.2) is 23.2 Å². The number of thiazole rings is 1. The Morgan fingerprint density at radius 2 is 1.22 bits per heavy atom. The summed E-state index contributed by atoms with van der Waals surface area (Å²) in [5.74, 6) is -6.36. The Labute approximate surface area is 525 Å². The third-order valence-corrected chi connectivity index (χ3v) is 16.1. The van der Waals surface area contributed by atoms with Gasteiger partial charge in [-0.15, -0.1) is 23.1 Å². The molecule has 6 atom stereocenters. The number of Topliss-reactive ketones (excluding diaryl/α,β-unsaturated/α-hetero) is 4. The maximum absolute atomic E-state index is 13.8. The van der Waals surface area contributed by atoms with E-state index in [1.807, 2.05) is 51.8 Å². The molecule has 1 aliphatic heterocycles. The zero-order chi connectivity index (χ0) is 65.7. The van der Waals surface area contributed by atoms with Gasteiger partial charge >= 0.3 is 12.1 Å². The minimum absolute atomic E-state index is 0.0258. The first-order valence-electron chi connectivity index (χ1n) is 30.3. The normalized spacial score (nSPS) is 14.9. The van der Waals surface area contributed by atoms with E-state index < -0.39 is 107 Å². The maximum Gasteiger partial charge on any atom is 0.408 e. The molecule has 0 radical (unpaired) electrons. The van der Waals surface area contributed by atoms with Crippen molar-refractivity contribution in [1.29, 1.82) is 0 Å². The van der Waals surface area contributed by atoms with Crippen molar-refractivity contribution in [2.24, 2.45) is 16.8 Å². The van der Waals surface area contributed by atoms with Crippen molar-refractivity contribution in [3.8, 4) is 0 Å². The van der Waals surface area contributed by atoms with Crippen LogP contribution in [0.3, 0.4) is 0 Å². The number of benzene rings is 1. The minimum atomic E-state index is -1.03. The van der Waals surface area contributed by atoms with Crippen LogP contribution in [-0.2, 0) is 57.5 Å². The number of amides is 7. The van der Waals surface area contributed by atoms with Crippen LogP contribution >= 0.6 is 23.1 Å². The molecule has 3 rings (SSSR count). The molecule has 0 bridgehead atoms. The molecule has 2 heterocycles. The summed E-state index contributed by atoms with van der Waals surface area (Å²) < 4.78 is 6.09. The standard InChI is InChI=1S/C61H95N11O14S2/c1-37(2)32-46(66-54(80)27-24-49(76)43(19-14-17-31-72(10)11)70-60(85)86-61(5,6)7)50(77)25-28-53(79)65-42(18-13-16-30-71(8)9)48(75)23-26-52(78)63-35-41(74)33-38(3)55(81)67-45(20-12-15-29-62-39(4)73)56(82)64-40-21-22-44-51(34-40)88-58(68-44)57-69-47(36-87-57)59(83)84/h21-22,34,37-38,42-43,45-47H,12-20,23-33,35-36H2,1-11H3,(H,62,73)(H,63,78)(H,64,82)(H,65,79)(H,66,80)(H,67,81)(H,70,85)(H,83,84)/t38-,42+,43+,45?,46+,47?/m1/s1. The SMILES string of the molecule is CC(=O)NCCCCC(NC(=O)[C@H](C)CC(=O)CNC(=O)CCC(=O)[C@H](CCCCN(C)C)NC(=O)CCC(=O)[C@H](CC(C)C)NC(=O)CCC(=O)[C@H](CCCCN(C)C)NC(=O)OC(C)(C)C)C(=O)Nc1ccc2nc(C3=NC(C(=O)O)CS3)sc2c1. The summed E-state index contributed by atoms with van der Waals surface area (Å²) in [6.07, 6.45) is 2.19. The number of hydrogen-bond acceptors (Lipinski definition) is 19. The van der Waals surface area contributed by atoms with E-state index in [1.54, 1.807) is 39.0 Å². The van der Waals surface area contributed by atoms with E-state index >= 15 is 0 Å². The number of carbonyl (C=O) groups is 12. The molecular weight excluding hydrogens is 1170 g/mol.